The fourth-order valence-electron chi connectivity index (χ4n) is 4.28. The highest BCUT2D eigenvalue weighted by Crippen LogP contribution is 2.35. The average Bonchev–Trinajstić information content (AvgIpc) is 3.27. The first-order chi connectivity index (χ1) is 17.9. The zero-order chi connectivity index (χ0) is 26.1. The SMILES string of the molecule is CCC(=O)n1c(C)cc2c(F)c(Oc3ncnc(Nc4ccc(N5CCNCC5)cn4)c3F)cc(F)c21. The van der Waals surface area contributed by atoms with Gasteiger partial charge < -0.3 is 20.3 Å². The molecule has 4 aromatic rings. The van der Waals surface area contributed by atoms with Crippen LogP contribution in [0.2, 0.25) is 0 Å². The molecule has 4 heterocycles. The minimum absolute atomic E-state index is 0.110. The van der Waals surface area contributed by atoms with Gasteiger partial charge in [0.1, 0.15) is 12.1 Å². The summed E-state index contributed by atoms with van der Waals surface area (Å²) in [5.74, 6) is -4.32. The Morgan fingerprint density at radius 1 is 1.11 bits per heavy atom. The Labute approximate surface area is 210 Å². The maximum Gasteiger partial charge on any atom is 0.261 e. The number of carbonyl (C=O) groups excluding carboxylic acids is 1. The van der Waals surface area contributed by atoms with Gasteiger partial charge in [-0.1, -0.05) is 6.92 Å². The van der Waals surface area contributed by atoms with Crippen molar-refractivity contribution in [2.75, 3.05) is 36.4 Å². The van der Waals surface area contributed by atoms with Gasteiger partial charge in [0.2, 0.25) is 11.7 Å². The second-order valence-electron chi connectivity index (χ2n) is 8.51. The molecule has 12 heteroatoms. The second-order valence-corrected chi connectivity index (χ2v) is 8.51. The first-order valence-electron chi connectivity index (χ1n) is 11.8. The Morgan fingerprint density at radius 2 is 1.89 bits per heavy atom. The summed E-state index contributed by atoms with van der Waals surface area (Å²) < 4.78 is 51.8. The van der Waals surface area contributed by atoms with Gasteiger partial charge in [0.25, 0.3) is 5.88 Å². The number of aromatic nitrogens is 4. The number of anilines is 3. The van der Waals surface area contributed by atoms with E-state index in [0.29, 0.717) is 11.5 Å². The first kappa shape index (κ1) is 24.5. The quantitative estimate of drug-likeness (QED) is 0.389. The minimum Gasteiger partial charge on any atom is -0.433 e. The molecule has 0 aliphatic carbocycles. The molecule has 1 aliphatic rings. The van der Waals surface area contributed by atoms with E-state index in [9.17, 15) is 9.18 Å². The molecule has 5 rings (SSSR count). The average molecular weight is 512 g/mol. The summed E-state index contributed by atoms with van der Waals surface area (Å²) >= 11 is 0. The van der Waals surface area contributed by atoms with Gasteiger partial charge in [0, 0.05) is 49.7 Å². The Bertz CT molecular complexity index is 1470. The van der Waals surface area contributed by atoms with Gasteiger partial charge in [-0.15, -0.1) is 0 Å². The predicted octanol–water partition coefficient (Wildman–Crippen LogP) is 4.55. The van der Waals surface area contributed by atoms with Crippen LogP contribution >= 0.6 is 0 Å². The fourth-order valence-corrected chi connectivity index (χ4v) is 4.28. The number of hydrogen-bond donors (Lipinski definition) is 2. The van der Waals surface area contributed by atoms with Crippen LogP contribution in [0.15, 0.2) is 36.8 Å². The number of halogens is 3. The third kappa shape index (κ3) is 4.67. The summed E-state index contributed by atoms with van der Waals surface area (Å²) in [5, 5.41) is 5.88. The van der Waals surface area contributed by atoms with Crippen LogP contribution in [0.1, 0.15) is 23.8 Å². The van der Waals surface area contributed by atoms with Crippen molar-refractivity contribution in [1.82, 2.24) is 24.8 Å². The summed E-state index contributed by atoms with van der Waals surface area (Å²) in [5.41, 5.74) is 1.11. The monoisotopic (exact) mass is 511 g/mol. The molecule has 192 valence electrons. The fraction of sp³-hybridized carbons (Fsp3) is 0.280. The molecule has 3 aromatic heterocycles. The van der Waals surface area contributed by atoms with Crippen LogP contribution in [-0.2, 0) is 0 Å². The number of nitrogens with one attached hydrogen (secondary N) is 2. The summed E-state index contributed by atoms with van der Waals surface area (Å²) in [6.07, 6.45) is 2.82. The van der Waals surface area contributed by atoms with Crippen molar-refractivity contribution in [3.8, 4) is 11.6 Å². The lowest BCUT2D eigenvalue weighted by Crippen LogP contribution is -2.43. The van der Waals surface area contributed by atoms with Crippen molar-refractivity contribution in [2.24, 2.45) is 0 Å². The molecule has 0 amide bonds. The summed E-state index contributed by atoms with van der Waals surface area (Å²) in [6, 6.07) is 5.66. The van der Waals surface area contributed by atoms with E-state index in [2.05, 4.69) is 30.5 Å². The molecule has 0 bridgehead atoms. The van der Waals surface area contributed by atoms with Crippen LogP contribution in [0.4, 0.5) is 30.5 Å². The van der Waals surface area contributed by atoms with Gasteiger partial charge in [-0.2, -0.15) is 9.37 Å². The van der Waals surface area contributed by atoms with Crippen LogP contribution in [0, 0.1) is 24.4 Å². The lowest BCUT2D eigenvalue weighted by molar-refractivity contribution is 0.0911. The summed E-state index contributed by atoms with van der Waals surface area (Å²) in [4.78, 5) is 26.4. The molecule has 0 saturated carbocycles. The largest absolute Gasteiger partial charge is 0.433 e. The molecule has 0 unspecified atom stereocenters. The number of nitrogens with zero attached hydrogens (tertiary/aromatic N) is 5. The highest BCUT2D eigenvalue weighted by atomic mass is 19.1. The van der Waals surface area contributed by atoms with E-state index in [1.165, 1.54) is 6.07 Å². The van der Waals surface area contributed by atoms with E-state index in [1.54, 1.807) is 26.1 Å². The van der Waals surface area contributed by atoms with Gasteiger partial charge >= 0.3 is 0 Å². The molecule has 37 heavy (non-hydrogen) atoms. The number of hydrogen-bond acceptors (Lipinski definition) is 8. The third-order valence-corrected chi connectivity index (χ3v) is 6.11. The van der Waals surface area contributed by atoms with Gasteiger partial charge in [-0.05, 0) is 25.1 Å². The van der Waals surface area contributed by atoms with Crippen molar-refractivity contribution in [1.29, 1.82) is 0 Å². The van der Waals surface area contributed by atoms with Crippen LogP contribution in [-0.4, -0.2) is 51.6 Å². The maximum absolute atomic E-state index is 15.3. The molecule has 1 aromatic carbocycles. The molecule has 0 radical (unpaired) electrons. The Kier molecular flexibility index (Phi) is 6.66. The van der Waals surface area contributed by atoms with Crippen LogP contribution in [0.5, 0.6) is 11.6 Å². The van der Waals surface area contributed by atoms with Crippen molar-refractivity contribution >= 4 is 34.1 Å². The molecule has 0 spiro atoms. The van der Waals surface area contributed by atoms with E-state index in [-0.39, 0.29) is 29.0 Å². The molecule has 1 aliphatic heterocycles. The van der Waals surface area contributed by atoms with Crippen LogP contribution < -0.4 is 20.3 Å². The number of piperazine rings is 1. The smallest absolute Gasteiger partial charge is 0.261 e. The second kappa shape index (κ2) is 10.1. The van der Waals surface area contributed by atoms with Gasteiger partial charge in [0.15, 0.2) is 23.2 Å². The molecule has 0 atom stereocenters. The molecule has 2 N–H and O–H groups in total. The molecule has 1 saturated heterocycles. The third-order valence-electron chi connectivity index (χ3n) is 6.11. The first-order valence-corrected chi connectivity index (χ1v) is 11.8. The van der Waals surface area contributed by atoms with Gasteiger partial charge in [0.05, 0.1) is 17.4 Å². The molecular weight excluding hydrogens is 487 g/mol. The predicted molar refractivity (Wildman–Crippen MR) is 132 cm³/mol. The zero-order valence-electron chi connectivity index (χ0n) is 20.2. The number of benzene rings is 1. The molecular formula is C25H24F3N7O2. The lowest BCUT2D eigenvalue weighted by Gasteiger charge is -2.29. The Hall–Kier alpha value is -4.19. The zero-order valence-corrected chi connectivity index (χ0v) is 20.2. The normalized spacial score (nSPS) is 13.7. The van der Waals surface area contributed by atoms with Gasteiger partial charge in [-0.25, -0.2) is 18.7 Å². The lowest BCUT2D eigenvalue weighted by atomic mass is 10.2. The summed E-state index contributed by atoms with van der Waals surface area (Å²) in [7, 11) is 0. The van der Waals surface area contributed by atoms with Crippen molar-refractivity contribution in [2.45, 2.75) is 20.3 Å². The number of carbonyl (C=O) groups is 1. The summed E-state index contributed by atoms with van der Waals surface area (Å²) in [6.45, 7) is 6.68. The van der Waals surface area contributed by atoms with Crippen molar-refractivity contribution in [3.63, 3.8) is 0 Å². The highest BCUT2D eigenvalue weighted by Gasteiger charge is 2.23. The number of fused-ring (bicyclic) bond motifs is 1. The van der Waals surface area contributed by atoms with E-state index < -0.39 is 29.1 Å². The maximum atomic E-state index is 15.3. The van der Waals surface area contributed by atoms with Crippen LogP contribution in [0.25, 0.3) is 10.9 Å². The minimum atomic E-state index is -1.01. The van der Waals surface area contributed by atoms with E-state index in [0.717, 1.165) is 48.8 Å². The van der Waals surface area contributed by atoms with Crippen LogP contribution in [0.3, 0.4) is 0 Å². The molecule has 9 nitrogen and oxygen atoms in total. The van der Waals surface area contributed by atoms with E-state index in [4.69, 9.17) is 4.74 Å². The highest BCUT2D eigenvalue weighted by molar-refractivity contribution is 5.95. The topological polar surface area (TPSA) is 97.2 Å². The van der Waals surface area contributed by atoms with E-state index in [1.807, 2.05) is 6.07 Å². The van der Waals surface area contributed by atoms with Crippen molar-refractivity contribution < 1.29 is 22.7 Å². The van der Waals surface area contributed by atoms with Crippen molar-refractivity contribution in [3.05, 3.63) is 59.9 Å². The number of aryl methyl sites for hydroxylation is 1. The van der Waals surface area contributed by atoms with Gasteiger partial charge in [-0.3, -0.25) is 9.36 Å². The molecule has 1 fully saturated rings. The van der Waals surface area contributed by atoms with E-state index >= 15 is 8.78 Å². The Balaban J connectivity index is 1.40. The number of rotatable bonds is 6. The Morgan fingerprint density at radius 3 is 2.59 bits per heavy atom. The number of ether oxygens (including phenoxy) is 1. The number of pyridine rings is 1. The standard InChI is InChI=1S/C25H24F3N7O2/c1-3-20(36)35-14(2)10-16-21(27)18(11-17(26)23(16)35)37-25-22(28)24(31-13-32-25)33-19-5-4-15(12-30-19)34-8-6-29-7-9-34/h4-5,10-13,29H,3,6-9H2,1-2H3,(H,30,31,32,33).